The molecule has 156 valence electrons. The number of benzene rings is 3. The van der Waals surface area contributed by atoms with E-state index in [9.17, 15) is 4.79 Å². The third-order valence-corrected chi connectivity index (χ3v) is 5.03. The zero-order valence-corrected chi connectivity index (χ0v) is 18.0. The minimum Gasteiger partial charge on any atom is -0.497 e. The average Bonchev–Trinajstić information content (AvgIpc) is 3.21. The van der Waals surface area contributed by atoms with E-state index in [0.29, 0.717) is 11.5 Å². The van der Waals surface area contributed by atoms with Crippen molar-refractivity contribution >= 4 is 11.6 Å². The highest BCUT2D eigenvalue weighted by Gasteiger charge is 2.20. The zero-order valence-electron chi connectivity index (χ0n) is 18.0. The van der Waals surface area contributed by atoms with Crippen molar-refractivity contribution in [1.82, 2.24) is 14.8 Å². The van der Waals surface area contributed by atoms with Gasteiger partial charge in [0.1, 0.15) is 5.75 Å². The Hall–Kier alpha value is -3.93. The summed E-state index contributed by atoms with van der Waals surface area (Å²) in [6, 6.07) is 21.3. The van der Waals surface area contributed by atoms with Crippen molar-refractivity contribution in [3.63, 3.8) is 0 Å². The number of anilines is 1. The van der Waals surface area contributed by atoms with Crippen LogP contribution in [0.3, 0.4) is 0 Å². The molecule has 6 nitrogen and oxygen atoms in total. The van der Waals surface area contributed by atoms with Gasteiger partial charge in [-0.05, 0) is 68.3 Å². The van der Waals surface area contributed by atoms with Gasteiger partial charge in [0.15, 0.2) is 5.82 Å². The molecule has 0 atom stereocenters. The number of methoxy groups -OCH3 is 1. The van der Waals surface area contributed by atoms with E-state index < -0.39 is 0 Å². The highest BCUT2D eigenvalue weighted by atomic mass is 16.5. The molecule has 0 radical (unpaired) electrons. The van der Waals surface area contributed by atoms with Crippen molar-refractivity contribution in [2.75, 3.05) is 12.4 Å². The summed E-state index contributed by atoms with van der Waals surface area (Å²) in [6.45, 7) is 6.08. The standard InChI is InChI=1S/C25H24N4O2/c1-16-6-5-7-19(14-16)24-27-23(25(30)26-20-10-12-21(31-4)13-11-20)28-29(24)22-15-17(2)8-9-18(22)3/h5-15H,1-4H3,(H,26,30). The molecule has 1 amide bonds. The molecule has 0 aliphatic carbocycles. The lowest BCUT2D eigenvalue weighted by Gasteiger charge is -2.10. The van der Waals surface area contributed by atoms with E-state index in [2.05, 4.69) is 27.5 Å². The van der Waals surface area contributed by atoms with E-state index in [1.165, 1.54) is 0 Å². The normalized spacial score (nSPS) is 10.7. The Morgan fingerprint density at radius 3 is 2.39 bits per heavy atom. The molecule has 0 bridgehead atoms. The number of amides is 1. The Balaban J connectivity index is 1.77. The molecule has 0 saturated heterocycles. The van der Waals surface area contributed by atoms with E-state index >= 15 is 0 Å². The number of carbonyl (C=O) groups excluding carboxylic acids is 1. The van der Waals surface area contributed by atoms with Gasteiger partial charge in [0.25, 0.3) is 5.91 Å². The van der Waals surface area contributed by atoms with Gasteiger partial charge in [-0.1, -0.05) is 35.9 Å². The Morgan fingerprint density at radius 1 is 0.935 bits per heavy atom. The summed E-state index contributed by atoms with van der Waals surface area (Å²) in [5, 5.41) is 7.44. The monoisotopic (exact) mass is 412 g/mol. The maximum Gasteiger partial charge on any atom is 0.295 e. The maximum atomic E-state index is 12.9. The van der Waals surface area contributed by atoms with E-state index in [1.807, 2.05) is 51.1 Å². The first-order valence-corrected chi connectivity index (χ1v) is 10.0. The molecular formula is C25H24N4O2. The lowest BCUT2D eigenvalue weighted by molar-refractivity contribution is 0.101. The molecular weight excluding hydrogens is 388 g/mol. The van der Waals surface area contributed by atoms with E-state index in [1.54, 1.807) is 36.1 Å². The number of rotatable bonds is 5. The Morgan fingerprint density at radius 2 is 1.68 bits per heavy atom. The minimum atomic E-state index is -0.372. The van der Waals surface area contributed by atoms with Crippen LogP contribution in [0, 0.1) is 20.8 Å². The molecule has 1 N–H and O–H groups in total. The fourth-order valence-corrected chi connectivity index (χ4v) is 3.36. The highest BCUT2D eigenvalue weighted by Crippen LogP contribution is 2.25. The molecule has 0 spiro atoms. The molecule has 0 fully saturated rings. The van der Waals surface area contributed by atoms with E-state index in [4.69, 9.17) is 4.74 Å². The van der Waals surface area contributed by atoms with Gasteiger partial charge in [0.05, 0.1) is 12.8 Å². The summed E-state index contributed by atoms with van der Waals surface area (Å²) in [7, 11) is 1.60. The topological polar surface area (TPSA) is 69.0 Å². The second-order valence-corrected chi connectivity index (χ2v) is 7.51. The van der Waals surface area contributed by atoms with E-state index in [-0.39, 0.29) is 11.7 Å². The van der Waals surface area contributed by atoms with Crippen LogP contribution in [0.2, 0.25) is 0 Å². The summed E-state index contributed by atoms with van der Waals surface area (Å²) in [6.07, 6.45) is 0. The molecule has 31 heavy (non-hydrogen) atoms. The molecule has 4 aromatic rings. The van der Waals surface area contributed by atoms with Gasteiger partial charge < -0.3 is 10.1 Å². The number of nitrogens with zero attached hydrogens (tertiary/aromatic N) is 3. The number of aryl methyl sites for hydroxylation is 3. The quantitative estimate of drug-likeness (QED) is 0.494. The van der Waals surface area contributed by atoms with Gasteiger partial charge in [-0.15, -0.1) is 5.10 Å². The number of hydrogen-bond acceptors (Lipinski definition) is 4. The van der Waals surface area contributed by atoms with Crippen LogP contribution < -0.4 is 10.1 Å². The summed E-state index contributed by atoms with van der Waals surface area (Å²) in [5.74, 6) is 1.07. The van der Waals surface area contributed by atoms with Crippen LogP contribution in [0.4, 0.5) is 5.69 Å². The first-order chi connectivity index (χ1) is 14.9. The molecule has 0 saturated carbocycles. The lowest BCUT2D eigenvalue weighted by atomic mass is 10.1. The third-order valence-electron chi connectivity index (χ3n) is 5.03. The molecule has 6 heteroatoms. The van der Waals surface area contributed by atoms with Crippen LogP contribution in [-0.4, -0.2) is 27.8 Å². The molecule has 1 heterocycles. The number of hydrogen-bond donors (Lipinski definition) is 1. The molecule has 1 aromatic heterocycles. The molecule has 0 aliphatic rings. The van der Waals surface area contributed by atoms with Crippen molar-refractivity contribution in [3.05, 3.63) is 89.2 Å². The van der Waals surface area contributed by atoms with Gasteiger partial charge in [0, 0.05) is 11.3 Å². The molecule has 0 unspecified atom stereocenters. The third kappa shape index (κ3) is 4.33. The predicted octanol–water partition coefficient (Wildman–Crippen LogP) is 5.12. The van der Waals surface area contributed by atoms with Gasteiger partial charge in [0.2, 0.25) is 5.82 Å². The van der Waals surface area contributed by atoms with Crippen molar-refractivity contribution in [2.45, 2.75) is 20.8 Å². The molecule has 0 aliphatic heterocycles. The first-order valence-electron chi connectivity index (χ1n) is 10.0. The summed E-state index contributed by atoms with van der Waals surface area (Å²) in [5.41, 5.74) is 5.70. The fraction of sp³-hybridized carbons (Fsp3) is 0.160. The largest absolute Gasteiger partial charge is 0.497 e. The number of aromatic nitrogens is 3. The first kappa shape index (κ1) is 20.3. The van der Waals surface area contributed by atoms with Crippen LogP contribution >= 0.6 is 0 Å². The van der Waals surface area contributed by atoms with Crippen LogP contribution in [0.1, 0.15) is 27.3 Å². The van der Waals surface area contributed by atoms with Crippen LogP contribution in [0.15, 0.2) is 66.7 Å². The number of nitrogens with one attached hydrogen (secondary N) is 1. The Labute approximate surface area is 181 Å². The van der Waals surface area contributed by atoms with E-state index in [0.717, 1.165) is 33.7 Å². The van der Waals surface area contributed by atoms with Crippen molar-refractivity contribution < 1.29 is 9.53 Å². The number of ether oxygens (including phenoxy) is 1. The van der Waals surface area contributed by atoms with Crippen molar-refractivity contribution in [3.8, 4) is 22.8 Å². The van der Waals surface area contributed by atoms with Gasteiger partial charge in [-0.3, -0.25) is 4.79 Å². The van der Waals surface area contributed by atoms with Crippen molar-refractivity contribution in [1.29, 1.82) is 0 Å². The Bertz CT molecular complexity index is 1240. The molecule has 4 rings (SSSR count). The van der Waals surface area contributed by atoms with Crippen LogP contribution in [-0.2, 0) is 0 Å². The lowest BCUT2D eigenvalue weighted by Crippen LogP contribution is -2.14. The molecule has 3 aromatic carbocycles. The van der Waals surface area contributed by atoms with Gasteiger partial charge in [-0.2, -0.15) is 0 Å². The second kappa shape index (κ2) is 8.44. The van der Waals surface area contributed by atoms with Gasteiger partial charge in [-0.25, -0.2) is 9.67 Å². The highest BCUT2D eigenvalue weighted by molar-refractivity contribution is 6.01. The minimum absolute atomic E-state index is 0.105. The summed E-state index contributed by atoms with van der Waals surface area (Å²) in [4.78, 5) is 17.5. The van der Waals surface area contributed by atoms with Crippen LogP contribution in [0.5, 0.6) is 5.75 Å². The van der Waals surface area contributed by atoms with Crippen LogP contribution in [0.25, 0.3) is 17.1 Å². The van der Waals surface area contributed by atoms with Crippen molar-refractivity contribution in [2.24, 2.45) is 0 Å². The fourth-order valence-electron chi connectivity index (χ4n) is 3.36. The number of carbonyl (C=O) groups is 1. The summed E-state index contributed by atoms with van der Waals surface area (Å²) >= 11 is 0. The maximum absolute atomic E-state index is 12.9. The SMILES string of the molecule is COc1ccc(NC(=O)c2nc(-c3cccc(C)c3)n(-c3cc(C)ccc3C)n2)cc1. The van der Waals surface area contributed by atoms with Gasteiger partial charge >= 0.3 is 0 Å². The summed E-state index contributed by atoms with van der Waals surface area (Å²) < 4.78 is 6.92. The average molecular weight is 412 g/mol. The predicted molar refractivity (Wildman–Crippen MR) is 122 cm³/mol. The Kier molecular flexibility index (Phi) is 5.54. The zero-order chi connectivity index (χ0) is 22.0. The second-order valence-electron chi connectivity index (χ2n) is 7.51. The smallest absolute Gasteiger partial charge is 0.295 e.